The number of hydrogen-bond donors (Lipinski definition) is 2. The minimum atomic E-state index is -0.982. The maximum absolute atomic E-state index is 11.0. The summed E-state index contributed by atoms with van der Waals surface area (Å²) < 4.78 is 0. The predicted octanol–water partition coefficient (Wildman–Crippen LogP) is 2.05. The van der Waals surface area contributed by atoms with E-state index >= 15 is 0 Å². The molecule has 0 spiro atoms. The highest BCUT2D eigenvalue weighted by Crippen LogP contribution is 2.29. The van der Waals surface area contributed by atoms with E-state index in [0.29, 0.717) is 0 Å². The summed E-state index contributed by atoms with van der Waals surface area (Å²) in [5.41, 5.74) is 0.289. The molecule has 4 nitrogen and oxygen atoms in total. The molecular weight excluding hydrogens is 196 g/mol. The fourth-order valence-corrected chi connectivity index (χ4v) is 2.04. The lowest BCUT2D eigenvalue weighted by Gasteiger charge is -2.22. The van der Waals surface area contributed by atoms with Gasteiger partial charge in [0.1, 0.15) is 0 Å². The largest absolute Gasteiger partial charge is 0.481 e. The Morgan fingerprint density at radius 3 is 2.20 bits per heavy atom. The van der Waals surface area contributed by atoms with Crippen LogP contribution in [-0.2, 0) is 9.59 Å². The molecule has 0 unspecified atom stereocenters. The van der Waals surface area contributed by atoms with Crippen LogP contribution < -0.4 is 0 Å². The Morgan fingerprint density at radius 2 is 1.73 bits per heavy atom. The summed E-state index contributed by atoms with van der Waals surface area (Å²) in [6.45, 7) is 0. The van der Waals surface area contributed by atoms with Crippen molar-refractivity contribution in [1.82, 2.24) is 0 Å². The number of hydrogen-bond acceptors (Lipinski definition) is 2. The van der Waals surface area contributed by atoms with E-state index in [0.717, 1.165) is 32.1 Å². The fraction of sp³-hybridized carbons (Fsp3) is 0.636. The van der Waals surface area contributed by atoms with Gasteiger partial charge in [-0.05, 0) is 18.8 Å². The average Bonchev–Trinajstić information content (AvgIpc) is 2.18. The maximum atomic E-state index is 11.0. The van der Waals surface area contributed by atoms with E-state index in [1.807, 2.05) is 0 Å². The molecule has 0 heterocycles. The number of carboxylic acid groups (broad SMARTS) is 2. The van der Waals surface area contributed by atoms with E-state index in [-0.39, 0.29) is 17.9 Å². The van der Waals surface area contributed by atoms with Crippen molar-refractivity contribution >= 4 is 11.9 Å². The third-order valence-corrected chi connectivity index (χ3v) is 2.79. The molecule has 0 aromatic carbocycles. The molecule has 2 N–H and O–H groups in total. The number of carboxylic acids is 2. The number of carbonyl (C=O) groups is 2. The lowest BCUT2D eigenvalue weighted by Crippen LogP contribution is -2.16. The number of rotatable bonds is 4. The third-order valence-electron chi connectivity index (χ3n) is 2.79. The first-order valence-electron chi connectivity index (χ1n) is 5.26. The summed E-state index contributed by atoms with van der Waals surface area (Å²) in [7, 11) is 0. The van der Waals surface area contributed by atoms with Crippen molar-refractivity contribution in [3.05, 3.63) is 11.6 Å². The molecule has 0 amide bonds. The average molecular weight is 212 g/mol. The summed E-state index contributed by atoms with van der Waals surface area (Å²) >= 11 is 0. The van der Waals surface area contributed by atoms with Crippen LogP contribution in [-0.4, -0.2) is 22.2 Å². The lowest BCUT2D eigenvalue weighted by atomic mass is 9.83. The van der Waals surface area contributed by atoms with Gasteiger partial charge in [-0.1, -0.05) is 25.3 Å². The van der Waals surface area contributed by atoms with Gasteiger partial charge < -0.3 is 10.2 Å². The zero-order valence-electron chi connectivity index (χ0n) is 8.61. The van der Waals surface area contributed by atoms with E-state index in [9.17, 15) is 9.59 Å². The van der Waals surface area contributed by atoms with Crippen molar-refractivity contribution in [1.29, 1.82) is 0 Å². The molecule has 15 heavy (non-hydrogen) atoms. The Hall–Kier alpha value is -1.32. The van der Waals surface area contributed by atoms with Crippen LogP contribution in [0, 0.1) is 5.92 Å². The maximum Gasteiger partial charge on any atom is 0.331 e. The Balaban J connectivity index is 2.67. The zero-order valence-corrected chi connectivity index (χ0v) is 8.61. The van der Waals surface area contributed by atoms with Crippen molar-refractivity contribution in [3.8, 4) is 0 Å². The van der Waals surface area contributed by atoms with Crippen LogP contribution in [0.2, 0.25) is 0 Å². The zero-order chi connectivity index (χ0) is 11.3. The van der Waals surface area contributed by atoms with Gasteiger partial charge in [0.05, 0.1) is 6.42 Å². The van der Waals surface area contributed by atoms with Crippen molar-refractivity contribution in [2.75, 3.05) is 0 Å². The summed E-state index contributed by atoms with van der Waals surface area (Å²) in [4.78, 5) is 21.3. The summed E-state index contributed by atoms with van der Waals surface area (Å²) in [6.07, 6.45) is 6.14. The van der Waals surface area contributed by atoms with E-state index in [2.05, 4.69) is 0 Å². The van der Waals surface area contributed by atoms with Gasteiger partial charge in [-0.15, -0.1) is 0 Å². The first-order chi connectivity index (χ1) is 7.11. The van der Waals surface area contributed by atoms with E-state index in [4.69, 9.17) is 10.2 Å². The van der Waals surface area contributed by atoms with Crippen LogP contribution in [0.5, 0.6) is 0 Å². The Bertz CT molecular complexity index is 274. The van der Waals surface area contributed by atoms with Crippen molar-refractivity contribution in [2.24, 2.45) is 5.92 Å². The molecule has 0 saturated heterocycles. The topological polar surface area (TPSA) is 74.6 Å². The molecule has 1 aliphatic rings. The highest BCUT2D eigenvalue weighted by molar-refractivity contribution is 5.88. The minimum absolute atomic E-state index is 0.0515. The number of aliphatic carboxylic acids is 2. The summed E-state index contributed by atoms with van der Waals surface area (Å²) in [5.74, 6) is -1.90. The molecule has 84 valence electrons. The van der Waals surface area contributed by atoms with E-state index in [1.165, 1.54) is 6.08 Å². The highest BCUT2D eigenvalue weighted by Gasteiger charge is 2.22. The molecule has 0 bridgehead atoms. The normalized spacial score (nSPS) is 18.8. The molecule has 1 rings (SSSR count). The highest BCUT2D eigenvalue weighted by atomic mass is 16.4. The molecular formula is C11H16O4. The van der Waals surface area contributed by atoms with Crippen molar-refractivity contribution in [3.63, 3.8) is 0 Å². The van der Waals surface area contributed by atoms with Crippen LogP contribution >= 0.6 is 0 Å². The predicted molar refractivity (Wildman–Crippen MR) is 54.5 cm³/mol. The van der Waals surface area contributed by atoms with Gasteiger partial charge in [0.15, 0.2) is 0 Å². The van der Waals surface area contributed by atoms with Gasteiger partial charge in [0, 0.05) is 5.57 Å². The Labute approximate surface area is 88.6 Å². The van der Waals surface area contributed by atoms with Gasteiger partial charge in [0.2, 0.25) is 0 Å². The standard InChI is InChI=1S/C11H16O4/c12-10(13)7-6-9(11(14)15)8-4-2-1-3-5-8/h6,8H,1-5,7H2,(H,12,13)(H,14,15). The van der Waals surface area contributed by atoms with E-state index in [1.54, 1.807) is 0 Å². The summed E-state index contributed by atoms with van der Waals surface area (Å²) in [6, 6.07) is 0. The van der Waals surface area contributed by atoms with Crippen LogP contribution in [0.25, 0.3) is 0 Å². The Kier molecular flexibility index (Phi) is 4.34. The molecule has 0 aromatic rings. The SMILES string of the molecule is O=C(O)CC=C(C(=O)O)C1CCCCC1. The van der Waals surface area contributed by atoms with Gasteiger partial charge in [-0.3, -0.25) is 4.79 Å². The third kappa shape index (κ3) is 3.73. The van der Waals surface area contributed by atoms with Crippen LogP contribution in [0.3, 0.4) is 0 Å². The van der Waals surface area contributed by atoms with Crippen molar-refractivity contribution in [2.45, 2.75) is 38.5 Å². The molecule has 0 radical (unpaired) electrons. The van der Waals surface area contributed by atoms with Gasteiger partial charge in [-0.2, -0.15) is 0 Å². The van der Waals surface area contributed by atoms with Crippen LogP contribution in [0.15, 0.2) is 11.6 Å². The smallest absolute Gasteiger partial charge is 0.331 e. The second kappa shape index (κ2) is 5.53. The lowest BCUT2D eigenvalue weighted by molar-refractivity contribution is -0.136. The molecule has 1 saturated carbocycles. The second-order valence-electron chi connectivity index (χ2n) is 3.90. The second-order valence-corrected chi connectivity index (χ2v) is 3.90. The minimum Gasteiger partial charge on any atom is -0.481 e. The van der Waals surface area contributed by atoms with Crippen molar-refractivity contribution < 1.29 is 19.8 Å². The quantitative estimate of drug-likeness (QED) is 0.699. The molecule has 0 atom stereocenters. The molecule has 1 fully saturated rings. The molecule has 1 aliphatic carbocycles. The molecule has 0 aliphatic heterocycles. The van der Waals surface area contributed by atoms with Crippen LogP contribution in [0.4, 0.5) is 0 Å². The first-order valence-corrected chi connectivity index (χ1v) is 5.26. The van der Waals surface area contributed by atoms with Crippen LogP contribution in [0.1, 0.15) is 38.5 Å². The van der Waals surface area contributed by atoms with Gasteiger partial charge >= 0.3 is 11.9 Å². The van der Waals surface area contributed by atoms with E-state index < -0.39 is 11.9 Å². The Morgan fingerprint density at radius 1 is 1.13 bits per heavy atom. The van der Waals surface area contributed by atoms with Gasteiger partial charge in [0.25, 0.3) is 0 Å². The molecule has 0 aromatic heterocycles. The first kappa shape index (κ1) is 11.8. The monoisotopic (exact) mass is 212 g/mol. The fourth-order valence-electron chi connectivity index (χ4n) is 2.04. The summed E-state index contributed by atoms with van der Waals surface area (Å²) in [5, 5.41) is 17.5. The molecule has 4 heteroatoms. The van der Waals surface area contributed by atoms with Gasteiger partial charge in [-0.25, -0.2) is 4.79 Å².